The summed E-state index contributed by atoms with van der Waals surface area (Å²) in [5.74, 6) is 1.43. The molecule has 3 heteroatoms. The summed E-state index contributed by atoms with van der Waals surface area (Å²) in [7, 11) is 0. The second kappa shape index (κ2) is 14.1. The third kappa shape index (κ3) is 8.11. The lowest BCUT2D eigenvalue weighted by atomic mass is 9.80. The van der Waals surface area contributed by atoms with Crippen LogP contribution in [0, 0.1) is 25.7 Å². The molecule has 2 aromatic rings. The number of unbranched alkanes of at least 4 members (excludes halogenated alkanes) is 1. The van der Waals surface area contributed by atoms with Crippen LogP contribution in [0.25, 0.3) is 0 Å². The molecule has 0 radical (unpaired) electrons. The van der Waals surface area contributed by atoms with E-state index >= 15 is 0 Å². The van der Waals surface area contributed by atoms with Crippen molar-refractivity contribution >= 4 is 17.4 Å². The number of benzene rings is 2. The van der Waals surface area contributed by atoms with E-state index in [1.807, 2.05) is 31.2 Å². The van der Waals surface area contributed by atoms with Crippen molar-refractivity contribution < 1.29 is 9.59 Å². The summed E-state index contributed by atoms with van der Waals surface area (Å²) in [6.45, 7) is 12.4. The van der Waals surface area contributed by atoms with E-state index < -0.39 is 0 Å². The third-order valence-corrected chi connectivity index (χ3v) is 7.35. The number of amides is 1. The lowest BCUT2D eigenvalue weighted by Crippen LogP contribution is -2.27. The van der Waals surface area contributed by atoms with Crippen LogP contribution in [-0.2, 0) is 17.6 Å². The maximum absolute atomic E-state index is 12.5. The second-order valence-corrected chi connectivity index (χ2v) is 9.87. The topological polar surface area (TPSA) is 46.2 Å². The van der Waals surface area contributed by atoms with Crippen molar-refractivity contribution in [2.75, 3.05) is 5.32 Å². The number of ketones is 1. The van der Waals surface area contributed by atoms with Crippen molar-refractivity contribution in [3.63, 3.8) is 0 Å². The van der Waals surface area contributed by atoms with E-state index in [0.717, 1.165) is 42.9 Å². The molecule has 3 nitrogen and oxygen atoms in total. The summed E-state index contributed by atoms with van der Waals surface area (Å²) in [4.78, 5) is 23.6. The van der Waals surface area contributed by atoms with Gasteiger partial charge < -0.3 is 5.32 Å². The predicted octanol–water partition coefficient (Wildman–Crippen LogP) is 8.25. The summed E-state index contributed by atoms with van der Waals surface area (Å²) < 4.78 is 0. The minimum absolute atomic E-state index is 0.163. The number of hydrogen-bond acceptors (Lipinski definition) is 2. The number of rotatable bonds is 8. The summed E-state index contributed by atoms with van der Waals surface area (Å²) in [5.41, 5.74) is 6.94. The van der Waals surface area contributed by atoms with E-state index in [0.29, 0.717) is 0 Å². The standard InChI is InChI=1S/C20H31NO.C11H14O/c1-4-6-7-18-14-19(13-8-15(18)3)21-20(22)17-11-9-16(5-2)10-12-17;1-4-10-8(2)6-5-7-11(10)9(3)12/h8,13-14,16-17H,4-7,9-12H2,1-3H3,(H,21,22);5-7H,4H2,1-3H3. The second-order valence-electron chi connectivity index (χ2n) is 9.87. The summed E-state index contributed by atoms with van der Waals surface area (Å²) in [5, 5.41) is 3.15. The van der Waals surface area contributed by atoms with Gasteiger partial charge in [0, 0.05) is 17.2 Å². The Morgan fingerprint density at radius 2 is 1.65 bits per heavy atom. The van der Waals surface area contributed by atoms with Crippen molar-refractivity contribution in [1.82, 2.24) is 0 Å². The molecule has 0 aromatic heterocycles. The average Bonchev–Trinajstić information content (AvgIpc) is 2.84. The first kappa shape index (κ1) is 27.8. The molecule has 34 heavy (non-hydrogen) atoms. The monoisotopic (exact) mass is 463 g/mol. The van der Waals surface area contributed by atoms with Gasteiger partial charge in [-0.25, -0.2) is 0 Å². The first-order valence-electron chi connectivity index (χ1n) is 13.3. The van der Waals surface area contributed by atoms with E-state index in [1.165, 1.54) is 54.4 Å². The number of Topliss-reactive ketones (excluding diaryl/α,β-unsaturated/α-hetero) is 1. The Morgan fingerprint density at radius 3 is 2.21 bits per heavy atom. The van der Waals surface area contributed by atoms with Crippen LogP contribution in [0.3, 0.4) is 0 Å². The van der Waals surface area contributed by atoms with Crippen LogP contribution >= 0.6 is 0 Å². The zero-order chi connectivity index (χ0) is 25.1. The molecule has 0 atom stereocenters. The van der Waals surface area contributed by atoms with Gasteiger partial charge in [-0.1, -0.05) is 57.9 Å². The molecule has 0 heterocycles. The predicted molar refractivity (Wildman–Crippen MR) is 145 cm³/mol. The van der Waals surface area contributed by atoms with Gasteiger partial charge in [0.1, 0.15) is 0 Å². The zero-order valence-electron chi connectivity index (χ0n) is 22.3. The minimum Gasteiger partial charge on any atom is -0.326 e. The Bertz CT molecular complexity index is 938. The number of carbonyl (C=O) groups is 2. The van der Waals surface area contributed by atoms with Crippen LogP contribution in [0.4, 0.5) is 5.69 Å². The van der Waals surface area contributed by atoms with E-state index in [1.54, 1.807) is 6.92 Å². The maximum Gasteiger partial charge on any atom is 0.227 e. The highest BCUT2D eigenvalue weighted by atomic mass is 16.2. The highest BCUT2D eigenvalue weighted by molar-refractivity contribution is 5.95. The molecule has 0 unspecified atom stereocenters. The molecule has 3 rings (SSSR count). The summed E-state index contributed by atoms with van der Waals surface area (Å²) in [6.07, 6.45) is 10.2. The Labute approximate surface area is 207 Å². The lowest BCUT2D eigenvalue weighted by molar-refractivity contribution is -0.121. The van der Waals surface area contributed by atoms with E-state index in [-0.39, 0.29) is 17.6 Å². The fraction of sp³-hybridized carbons (Fsp3) is 0.548. The fourth-order valence-corrected chi connectivity index (χ4v) is 4.96. The molecule has 186 valence electrons. The van der Waals surface area contributed by atoms with Gasteiger partial charge in [-0.05, 0) is 106 Å². The number of carbonyl (C=O) groups excluding carboxylic acids is 2. The molecule has 1 fully saturated rings. The molecule has 1 N–H and O–H groups in total. The van der Waals surface area contributed by atoms with Crippen molar-refractivity contribution in [3.8, 4) is 0 Å². The molecule has 2 aromatic carbocycles. The van der Waals surface area contributed by atoms with Crippen LogP contribution in [0.2, 0.25) is 0 Å². The highest BCUT2D eigenvalue weighted by Crippen LogP contribution is 2.31. The molecule has 1 aliphatic rings. The summed E-state index contributed by atoms with van der Waals surface area (Å²) in [6, 6.07) is 12.2. The van der Waals surface area contributed by atoms with Crippen LogP contribution < -0.4 is 5.32 Å². The molecule has 0 spiro atoms. The molecule has 1 saturated carbocycles. The molecule has 0 bridgehead atoms. The van der Waals surface area contributed by atoms with Gasteiger partial charge in [0.15, 0.2) is 5.78 Å². The van der Waals surface area contributed by atoms with Crippen LogP contribution in [0.5, 0.6) is 0 Å². The molecule has 1 aliphatic carbocycles. The first-order valence-corrected chi connectivity index (χ1v) is 13.3. The van der Waals surface area contributed by atoms with Gasteiger partial charge in [-0.15, -0.1) is 0 Å². The minimum atomic E-state index is 0.163. The van der Waals surface area contributed by atoms with Gasteiger partial charge in [-0.3, -0.25) is 9.59 Å². The van der Waals surface area contributed by atoms with Crippen molar-refractivity contribution in [2.45, 2.75) is 99.3 Å². The van der Waals surface area contributed by atoms with Crippen molar-refractivity contribution in [3.05, 3.63) is 64.2 Å². The summed E-state index contributed by atoms with van der Waals surface area (Å²) >= 11 is 0. The van der Waals surface area contributed by atoms with Crippen molar-refractivity contribution in [2.24, 2.45) is 11.8 Å². The number of anilines is 1. The van der Waals surface area contributed by atoms with Crippen LogP contribution in [0.1, 0.15) is 105 Å². The molecule has 0 aliphatic heterocycles. The Hall–Kier alpha value is -2.42. The number of nitrogens with one attached hydrogen (secondary N) is 1. The maximum atomic E-state index is 12.5. The average molecular weight is 464 g/mol. The fourth-order valence-electron chi connectivity index (χ4n) is 4.96. The quantitative estimate of drug-likeness (QED) is 0.401. The number of aryl methyl sites for hydroxylation is 3. The van der Waals surface area contributed by atoms with Gasteiger partial charge >= 0.3 is 0 Å². The number of hydrogen-bond donors (Lipinski definition) is 1. The van der Waals surface area contributed by atoms with Crippen LogP contribution in [0.15, 0.2) is 36.4 Å². The molecule has 0 saturated heterocycles. The molecule has 1 amide bonds. The SMILES string of the molecule is CCCCc1cc(NC(=O)C2CCC(CC)CC2)ccc1C.CCc1c(C)cccc1C(C)=O. The molecular weight excluding hydrogens is 418 g/mol. The van der Waals surface area contributed by atoms with Gasteiger partial charge in [0.05, 0.1) is 0 Å². The lowest BCUT2D eigenvalue weighted by Gasteiger charge is -2.27. The molecular formula is C31H45NO2. The van der Waals surface area contributed by atoms with Crippen molar-refractivity contribution in [1.29, 1.82) is 0 Å². The Kier molecular flexibility index (Phi) is 11.5. The van der Waals surface area contributed by atoms with E-state index in [2.05, 4.69) is 45.1 Å². The smallest absolute Gasteiger partial charge is 0.227 e. The first-order chi connectivity index (χ1) is 16.3. The zero-order valence-corrected chi connectivity index (χ0v) is 22.3. The third-order valence-electron chi connectivity index (χ3n) is 7.35. The van der Waals surface area contributed by atoms with Crippen LogP contribution in [-0.4, -0.2) is 11.7 Å². The Balaban J connectivity index is 0.000000287. The van der Waals surface area contributed by atoms with Gasteiger partial charge in [-0.2, -0.15) is 0 Å². The highest BCUT2D eigenvalue weighted by Gasteiger charge is 2.25. The Morgan fingerprint density at radius 1 is 0.941 bits per heavy atom. The van der Waals surface area contributed by atoms with Gasteiger partial charge in [0.2, 0.25) is 5.91 Å². The van der Waals surface area contributed by atoms with E-state index in [9.17, 15) is 9.59 Å². The largest absolute Gasteiger partial charge is 0.326 e. The van der Waals surface area contributed by atoms with Gasteiger partial charge in [0.25, 0.3) is 0 Å². The van der Waals surface area contributed by atoms with E-state index in [4.69, 9.17) is 0 Å². The normalized spacial score (nSPS) is 17.5.